The fourth-order valence-electron chi connectivity index (χ4n) is 9.07. The molecule has 7 aliphatic heterocycles. The van der Waals surface area contributed by atoms with Crippen LogP contribution >= 0.6 is 0 Å². The summed E-state index contributed by atoms with van der Waals surface area (Å²) in [6.07, 6.45) is 0. The van der Waals surface area contributed by atoms with Crippen molar-refractivity contribution in [2.45, 2.75) is 61.3 Å². The van der Waals surface area contributed by atoms with Crippen LogP contribution in [0.2, 0.25) is 0 Å². The number of esters is 2. The topological polar surface area (TPSA) is 98.8 Å². The number of ether oxygens (including phenoxy) is 7. The van der Waals surface area contributed by atoms with Crippen molar-refractivity contribution in [2.75, 3.05) is 0 Å². The predicted molar refractivity (Wildman–Crippen MR) is 122 cm³/mol. The van der Waals surface area contributed by atoms with Crippen LogP contribution in [0.15, 0.2) is 60.0 Å². The monoisotopic (exact) mass is 502 g/mol. The van der Waals surface area contributed by atoms with Crippen molar-refractivity contribution in [2.24, 2.45) is 11.8 Å². The summed E-state index contributed by atoms with van der Waals surface area (Å²) in [6.45, 7) is 7.32. The lowest BCUT2D eigenvalue weighted by molar-refractivity contribution is -0.219. The molecule has 8 atom stereocenters. The van der Waals surface area contributed by atoms with Gasteiger partial charge in [0, 0.05) is 0 Å². The van der Waals surface area contributed by atoms with Gasteiger partial charge in [-0.3, -0.25) is 9.59 Å². The molecule has 0 aromatic heterocycles. The number of fused-ring (bicyclic) bond motifs is 11. The Kier molecular flexibility index (Phi) is 2.96. The van der Waals surface area contributed by atoms with Crippen LogP contribution < -0.4 is 18.9 Å². The molecule has 0 radical (unpaired) electrons. The molecule has 2 aromatic rings. The summed E-state index contributed by atoms with van der Waals surface area (Å²) in [4.78, 5) is 26.4. The zero-order valence-corrected chi connectivity index (χ0v) is 20.4. The van der Waals surface area contributed by atoms with Crippen LogP contribution in [0.1, 0.15) is 27.7 Å². The van der Waals surface area contributed by atoms with Crippen molar-refractivity contribution in [3.05, 3.63) is 60.0 Å². The fraction of sp³-hybridized carbons (Fsp3) is 0.429. The van der Waals surface area contributed by atoms with Gasteiger partial charge < -0.3 is 33.2 Å². The molecule has 0 aliphatic carbocycles. The highest BCUT2D eigenvalue weighted by molar-refractivity contribution is 6.00. The van der Waals surface area contributed by atoms with E-state index in [1.807, 2.05) is 62.4 Å². The number of carbonyl (C=O) groups is 2. The molecule has 2 unspecified atom stereocenters. The van der Waals surface area contributed by atoms with Gasteiger partial charge >= 0.3 is 11.9 Å². The Morgan fingerprint density at radius 1 is 0.568 bits per heavy atom. The molecule has 7 heterocycles. The van der Waals surface area contributed by atoms with Gasteiger partial charge in [-0.1, -0.05) is 24.3 Å². The smallest absolute Gasteiger partial charge is 0.320 e. The highest BCUT2D eigenvalue weighted by Crippen LogP contribution is 2.83. The van der Waals surface area contributed by atoms with E-state index in [9.17, 15) is 9.59 Å². The van der Waals surface area contributed by atoms with Gasteiger partial charge in [-0.15, -0.1) is 0 Å². The second-order valence-electron chi connectivity index (χ2n) is 11.5. The Morgan fingerprint density at radius 2 is 0.973 bits per heavy atom. The Balaban J connectivity index is 1.41. The third-order valence-corrected chi connectivity index (χ3v) is 10.0. The lowest BCUT2D eigenvalue weighted by Crippen LogP contribution is -2.87. The van der Waals surface area contributed by atoms with Crippen molar-refractivity contribution < 1.29 is 42.7 Å². The van der Waals surface area contributed by atoms with E-state index in [1.54, 1.807) is 13.8 Å². The molecule has 0 N–H and O–H groups in total. The molecule has 0 saturated carbocycles. The van der Waals surface area contributed by atoms with E-state index in [0.717, 1.165) is 0 Å². The largest absolute Gasteiger partial charge is 0.472 e. The van der Waals surface area contributed by atoms with Crippen LogP contribution in [-0.2, 0) is 23.8 Å². The van der Waals surface area contributed by atoms with E-state index in [4.69, 9.17) is 33.2 Å². The van der Waals surface area contributed by atoms with Crippen LogP contribution in [0.25, 0.3) is 0 Å². The van der Waals surface area contributed by atoms with Gasteiger partial charge in [0.1, 0.15) is 23.0 Å². The van der Waals surface area contributed by atoms with E-state index in [1.165, 1.54) is 0 Å². The summed E-state index contributed by atoms with van der Waals surface area (Å²) >= 11 is 0. The Hall–Kier alpha value is -3.56. The number of carbonyl (C=O) groups excluding carboxylic acids is 2. The lowest BCUT2D eigenvalue weighted by Gasteiger charge is -2.62. The predicted octanol–water partition coefficient (Wildman–Crippen LogP) is 3.06. The maximum atomic E-state index is 13.2. The third-order valence-electron chi connectivity index (χ3n) is 10.0. The van der Waals surface area contributed by atoms with Crippen molar-refractivity contribution in [1.82, 2.24) is 0 Å². The molecule has 188 valence electrons. The minimum Gasteiger partial charge on any atom is -0.472 e. The summed E-state index contributed by atoms with van der Waals surface area (Å²) < 4.78 is 46.1. The number of benzene rings is 2. The molecule has 0 spiro atoms. The molecule has 0 amide bonds. The van der Waals surface area contributed by atoms with E-state index >= 15 is 0 Å². The van der Waals surface area contributed by atoms with Gasteiger partial charge in [-0.05, 0) is 52.0 Å². The minimum atomic E-state index is -1.45. The molecular formula is C28H22O9. The van der Waals surface area contributed by atoms with Crippen molar-refractivity contribution in [1.29, 1.82) is 0 Å². The first-order valence-corrected chi connectivity index (χ1v) is 12.4. The van der Waals surface area contributed by atoms with Gasteiger partial charge in [0.05, 0.1) is 0 Å². The van der Waals surface area contributed by atoms with Crippen LogP contribution in [0.3, 0.4) is 0 Å². The van der Waals surface area contributed by atoms with Gasteiger partial charge in [0.25, 0.3) is 0 Å². The summed E-state index contributed by atoms with van der Waals surface area (Å²) in [5.41, 5.74) is -8.33. The Labute approximate surface area is 211 Å². The zero-order chi connectivity index (χ0) is 25.4. The minimum absolute atomic E-state index is 0.433. The van der Waals surface area contributed by atoms with Crippen molar-refractivity contribution in [3.8, 4) is 23.0 Å². The van der Waals surface area contributed by atoms with Gasteiger partial charge in [0.15, 0.2) is 45.7 Å². The summed E-state index contributed by atoms with van der Waals surface area (Å²) in [5, 5.41) is 0. The van der Waals surface area contributed by atoms with Crippen LogP contribution in [0.5, 0.6) is 23.0 Å². The normalized spacial score (nSPS) is 48.4. The first-order chi connectivity index (χ1) is 17.6. The lowest BCUT2D eigenvalue weighted by atomic mass is 9.45. The highest BCUT2D eigenvalue weighted by Gasteiger charge is 3.06. The summed E-state index contributed by atoms with van der Waals surface area (Å²) in [6, 6.07) is 14.7. The molecule has 7 aliphatic rings. The molecule has 37 heavy (non-hydrogen) atoms. The second-order valence-corrected chi connectivity index (χ2v) is 11.5. The van der Waals surface area contributed by atoms with Crippen LogP contribution in [-0.4, -0.2) is 45.5 Å². The number of hydrogen-bond donors (Lipinski definition) is 0. The average Bonchev–Trinajstić information content (AvgIpc) is 3.52. The van der Waals surface area contributed by atoms with Crippen molar-refractivity contribution >= 4 is 11.9 Å². The second kappa shape index (κ2) is 5.35. The summed E-state index contributed by atoms with van der Waals surface area (Å²) in [5.74, 6) is -0.211. The quantitative estimate of drug-likeness (QED) is 0.398. The SMILES string of the molecule is C[C@]12O[C@](C)(C3=C1Oc1ccccc1O3)[C@]13Oc4ccccc4O[C@@]12[C@@]1(C)O[C@]3(C)C2C(=O)OC(=O)C21. The first-order valence-electron chi connectivity index (χ1n) is 12.4. The van der Waals surface area contributed by atoms with E-state index < -0.39 is 57.4 Å². The standard InChI is InChI=1S/C28H22O9/c1-23-17-18(22(30)33-21(17)29)24(2,36-23)28-26(4)20-19(31-13-9-5-6-10-14(13)32-20)25(3,37-26)27(23,28)34-15-11-7-8-12-16(15)35-28/h5-12,17-18H,1-4H3/t17?,18?,23-,24+,25-,26+,27+,28-. The van der Waals surface area contributed by atoms with Gasteiger partial charge in [0.2, 0.25) is 11.2 Å². The average molecular weight is 502 g/mol. The molecule has 9 nitrogen and oxygen atoms in total. The zero-order valence-electron chi connectivity index (χ0n) is 20.4. The summed E-state index contributed by atoms with van der Waals surface area (Å²) in [7, 11) is 0. The maximum Gasteiger partial charge on any atom is 0.320 e. The van der Waals surface area contributed by atoms with E-state index in [0.29, 0.717) is 34.5 Å². The number of rotatable bonds is 0. The van der Waals surface area contributed by atoms with Gasteiger partial charge in [-0.2, -0.15) is 0 Å². The maximum absolute atomic E-state index is 13.2. The molecule has 9 rings (SSSR count). The highest BCUT2D eigenvalue weighted by atomic mass is 16.7. The Morgan fingerprint density at radius 3 is 1.41 bits per heavy atom. The van der Waals surface area contributed by atoms with E-state index in [-0.39, 0.29) is 0 Å². The molecule has 4 bridgehead atoms. The molecular weight excluding hydrogens is 480 g/mol. The first kappa shape index (κ1) is 20.5. The fourth-order valence-corrected chi connectivity index (χ4v) is 9.07. The van der Waals surface area contributed by atoms with Crippen LogP contribution in [0, 0.1) is 11.8 Å². The van der Waals surface area contributed by atoms with Crippen molar-refractivity contribution in [3.63, 3.8) is 0 Å². The molecule has 9 heteroatoms. The Bertz CT molecular complexity index is 1450. The number of hydrogen-bond acceptors (Lipinski definition) is 9. The molecule has 4 saturated heterocycles. The third kappa shape index (κ3) is 1.59. The van der Waals surface area contributed by atoms with Gasteiger partial charge in [-0.25, -0.2) is 0 Å². The van der Waals surface area contributed by atoms with Crippen LogP contribution in [0.4, 0.5) is 0 Å². The molecule has 4 fully saturated rings. The van der Waals surface area contributed by atoms with E-state index in [2.05, 4.69) is 0 Å². The number of para-hydroxylation sites is 4. The molecule has 2 aromatic carbocycles. The number of cyclic esters (lactones) is 2.